The highest BCUT2D eigenvalue weighted by Crippen LogP contribution is 2.34. The third-order valence-corrected chi connectivity index (χ3v) is 3.25. The molecule has 0 amide bonds. The molecule has 5 heteroatoms. The highest BCUT2D eigenvalue weighted by Gasteiger charge is 2.18. The van der Waals surface area contributed by atoms with Crippen LogP contribution < -0.4 is 16.0 Å². The van der Waals surface area contributed by atoms with Gasteiger partial charge in [0.15, 0.2) is 5.82 Å². The van der Waals surface area contributed by atoms with Crippen LogP contribution in [0.4, 0.5) is 5.82 Å². The Morgan fingerprint density at radius 2 is 2.00 bits per heavy atom. The lowest BCUT2D eigenvalue weighted by atomic mass is 9.89. The number of hydrogen-bond acceptors (Lipinski definition) is 5. The van der Waals surface area contributed by atoms with Crippen molar-refractivity contribution in [2.75, 3.05) is 12.5 Å². The topological polar surface area (TPSA) is 73.1 Å². The number of nitrogen functional groups attached to an aromatic ring is 1. The number of anilines is 1. The summed E-state index contributed by atoms with van der Waals surface area (Å²) in [5.74, 6) is 6.83. The fourth-order valence-corrected chi connectivity index (χ4v) is 2.32. The molecular weight excluding hydrogens is 228 g/mol. The first-order chi connectivity index (χ1) is 8.81. The van der Waals surface area contributed by atoms with Crippen molar-refractivity contribution in [2.24, 2.45) is 5.84 Å². The van der Waals surface area contributed by atoms with E-state index in [1.54, 1.807) is 7.11 Å². The number of fused-ring (bicyclic) bond motifs is 3. The highest BCUT2D eigenvalue weighted by atomic mass is 16.5. The van der Waals surface area contributed by atoms with Crippen molar-refractivity contribution in [3.05, 3.63) is 35.4 Å². The van der Waals surface area contributed by atoms with Gasteiger partial charge in [-0.05, 0) is 48.2 Å². The van der Waals surface area contributed by atoms with E-state index >= 15 is 0 Å². The summed E-state index contributed by atoms with van der Waals surface area (Å²) in [4.78, 5) is 0. The van der Waals surface area contributed by atoms with Gasteiger partial charge < -0.3 is 10.2 Å². The lowest BCUT2D eigenvalue weighted by Gasteiger charge is -2.19. The quantitative estimate of drug-likeness (QED) is 0.617. The number of aryl methyl sites for hydroxylation is 2. The number of hydrazine groups is 1. The number of rotatable bonds is 2. The van der Waals surface area contributed by atoms with Gasteiger partial charge in [-0.1, -0.05) is 0 Å². The van der Waals surface area contributed by atoms with Gasteiger partial charge in [-0.15, -0.1) is 10.2 Å². The Labute approximate surface area is 105 Å². The van der Waals surface area contributed by atoms with Crippen molar-refractivity contribution in [3.8, 4) is 17.0 Å². The zero-order valence-electron chi connectivity index (χ0n) is 10.1. The maximum atomic E-state index is 5.35. The average molecular weight is 242 g/mol. The van der Waals surface area contributed by atoms with Gasteiger partial charge in [0.05, 0.1) is 12.8 Å². The van der Waals surface area contributed by atoms with Crippen LogP contribution in [0.25, 0.3) is 11.3 Å². The maximum Gasteiger partial charge on any atom is 0.162 e. The van der Waals surface area contributed by atoms with Crippen molar-refractivity contribution in [1.29, 1.82) is 0 Å². The molecule has 3 N–H and O–H groups in total. The van der Waals surface area contributed by atoms with Gasteiger partial charge >= 0.3 is 0 Å². The largest absolute Gasteiger partial charge is 0.497 e. The lowest BCUT2D eigenvalue weighted by molar-refractivity contribution is 0.414. The molecule has 0 atom stereocenters. The maximum absolute atomic E-state index is 5.35. The fourth-order valence-electron chi connectivity index (χ4n) is 2.32. The Hall–Kier alpha value is -2.14. The van der Waals surface area contributed by atoms with Gasteiger partial charge in [-0.3, -0.25) is 0 Å². The summed E-state index contributed by atoms with van der Waals surface area (Å²) in [6.07, 6.45) is 1.93. The van der Waals surface area contributed by atoms with E-state index in [0.717, 1.165) is 29.8 Å². The van der Waals surface area contributed by atoms with E-state index in [0.29, 0.717) is 5.82 Å². The third-order valence-electron chi connectivity index (χ3n) is 3.25. The Balaban J connectivity index is 2.11. The summed E-state index contributed by atoms with van der Waals surface area (Å²) in [5, 5.41) is 8.29. The molecule has 0 fully saturated rings. The van der Waals surface area contributed by atoms with Crippen LogP contribution in [0.5, 0.6) is 5.75 Å². The number of hydrogen-bond donors (Lipinski definition) is 2. The van der Waals surface area contributed by atoms with Crippen molar-refractivity contribution >= 4 is 5.82 Å². The van der Waals surface area contributed by atoms with Crippen molar-refractivity contribution in [3.63, 3.8) is 0 Å². The molecule has 92 valence electrons. The number of benzene rings is 1. The molecule has 0 saturated carbocycles. The molecule has 1 aliphatic carbocycles. The number of nitrogens with two attached hydrogens (primary N) is 1. The van der Waals surface area contributed by atoms with Crippen LogP contribution in [-0.4, -0.2) is 17.3 Å². The predicted molar refractivity (Wildman–Crippen MR) is 69.2 cm³/mol. The molecule has 0 unspecified atom stereocenters. The Bertz CT molecular complexity index is 544. The molecule has 2 aromatic rings. The first-order valence-electron chi connectivity index (χ1n) is 5.82. The molecule has 18 heavy (non-hydrogen) atoms. The van der Waals surface area contributed by atoms with Gasteiger partial charge in [0.2, 0.25) is 0 Å². The first-order valence-corrected chi connectivity index (χ1v) is 5.82. The fraction of sp³-hybridized carbons (Fsp3) is 0.231. The molecule has 1 heterocycles. The molecule has 0 radical (unpaired) electrons. The molecule has 0 bridgehead atoms. The normalized spacial score (nSPS) is 12.6. The second-order valence-electron chi connectivity index (χ2n) is 4.27. The van der Waals surface area contributed by atoms with Crippen LogP contribution in [0.2, 0.25) is 0 Å². The average Bonchev–Trinajstić information content (AvgIpc) is 2.45. The van der Waals surface area contributed by atoms with E-state index in [1.165, 1.54) is 11.1 Å². The van der Waals surface area contributed by atoms with Crippen LogP contribution in [0.1, 0.15) is 11.1 Å². The van der Waals surface area contributed by atoms with Crippen LogP contribution in [-0.2, 0) is 12.8 Å². The molecule has 3 rings (SSSR count). The first kappa shape index (κ1) is 11.0. The summed E-state index contributed by atoms with van der Waals surface area (Å²) in [7, 11) is 1.68. The Morgan fingerprint density at radius 1 is 1.17 bits per heavy atom. The molecular formula is C13H14N4O. The van der Waals surface area contributed by atoms with E-state index in [-0.39, 0.29) is 0 Å². The Morgan fingerprint density at radius 3 is 2.78 bits per heavy atom. The van der Waals surface area contributed by atoms with Crippen molar-refractivity contribution in [2.45, 2.75) is 12.8 Å². The van der Waals surface area contributed by atoms with E-state index in [9.17, 15) is 0 Å². The van der Waals surface area contributed by atoms with Gasteiger partial charge in [-0.25, -0.2) is 5.84 Å². The van der Waals surface area contributed by atoms with Crippen LogP contribution >= 0.6 is 0 Å². The van der Waals surface area contributed by atoms with Gasteiger partial charge in [0.1, 0.15) is 5.75 Å². The Kier molecular flexibility index (Phi) is 2.60. The van der Waals surface area contributed by atoms with E-state index < -0.39 is 0 Å². The van der Waals surface area contributed by atoms with Crippen LogP contribution in [0.15, 0.2) is 24.3 Å². The highest BCUT2D eigenvalue weighted by molar-refractivity contribution is 5.71. The second-order valence-corrected chi connectivity index (χ2v) is 4.27. The monoisotopic (exact) mass is 242 g/mol. The standard InChI is InChI=1S/C13H14N4O/c1-18-10-4-5-11-8(6-10)2-3-9-7-12(15-14)16-17-13(9)11/h4-7H,2-3,14H2,1H3,(H,15,16). The summed E-state index contributed by atoms with van der Waals surface area (Å²) in [6, 6.07) is 8.01. The number of nitrogens with zero attached hydrogens (tertiary/aromatic N) is 2. The van der Waals surface area contributed by atoms with Crippen molar-refractivity contribution in [1.82, 2.24) is 10.2 Å². The summed E-state index contributed by atoms with van der Waals surface area (Å²) in [6.45, 7) is 0. The molecule has 0 aliphatic heterocycles. The van der Waals surface area contributed by atoms with E-state index in [4.69, 9.17) is 10.6 Å². The zero-order chi connectivity index (χ0) is 12.5. The number of ether oxygens (including phenoxy) is 1. The second kappa shape index (κ2) is 4.27. The minimum Gasteiger partial charge on any atom is -0.497 e. The van der Waals surface area contributed by atoms with Crippen LogP contribution in [0.3, 0.4) is 0 Å². The molecule has 5 nitrogen and oxygen atoms in total. The van der Waals surface area contributed by atoms with Crippen molar-refractivity contribution < 1.29 is 4.74 Å². The number of nitrogens with one attached hydrogen (secondary N) is 1. The molecule has 1 aromatic heterocycles. The molecule has 0 spiro atoms. The number of aromatic nitrogens is 2. The molecule has 0 saturated heterocycles. The predicted octanol–water partition coefficient (Wildman–Crippen LogP) is 1.54. The van der Waals surface area contributed by atoms with E-state index in [2.05, 4.69) is 21.7 Å². The van der Waals surface area contributed by atoms with Crippen LogP contribution in [0, 0.1) is 0 Å². The minimum atomic E-state index is 0.603. The third kappa shape index (κ3) is 1.69. The molecule has 1 aromatic carbocycles. The smallest absolute Gasteiger partial charge is 0.162 e. The minimum absolute atomic E-state index is 0.603. The SMILES string of the molecule is COc1ccc2c(c1)CCc1cc(NN)nnc1-2. The van der Waals surface area contributed by atoms with Gasteiger partial charge in [0.25, 0.3) is 0 Å². The molecule has 1 aliphatic rings. The number of methoxy groups -OCH3 is 1. The van der Waals surface area contributed by atoms with Gasteiger partial charge in [0, 0.05) is 5.56 Å². The zero-order valence-corrected chi connectivity index (χ0v) is 10.1. The van der Waals surface area contributed by atoms with E-state index in [1.807, 2.05) is 18.2 Å². The van der Waals surface area contributed by atoms with Gasteiger partial charge in [-0.2, -0.15) is 0 Å². The summed E-state index contributed by atoms with van der Waals surface area (Å²) < 4.78 is 5.24. The summed E-state index contributed by atoms with van der Waals surface area (Å²) in [5.41, 5.74) is 7.03. The lowest BCUT2D eigenvalue weighted by Crippen LogP contribution is -2.13. The summed E-state index contributed by atoms with van der Waals surface area (Å²) >= 11 is 0.